The van der Waals surface area contributed by atoms with Crippen molar-refractivity contribution in [2.75, 3.05) is 0 Å². The second kappa shape index (κ2) is 3.35. The number of rotatable bonds is 1. The number of fused-ring (bicyclic) bond motifs is 1. The van der Waals surface area contributed by atoms with Gasteiger partial charge in [-0.1, -0.05) is 35.0 Å². The van der Waals surface area contributed by atoms with E-state index in [0.717, 1.165) is 16.5 Å². The van der Waals surface area contributed by atoms with Gasteiger partial charge in [0.2, 0.25) is 0 Å². The van der Waals surface area contributed by atoms with E-state index in [2.05, 4.69) is 10.1 Å². The summed E-state index contributed by atoms with van der Waals surface area (Å²) in [6.45, 7) is 2.01. The number of oxime groups is 1. The number of halogens is 1. The van der Waals surface area contributed by atoms with Crippen LogP contribution in [0, 0.1) is 6.92 Å². The molecule has 72 valence electrons. The van der Waals surface area contributed by atoms with Gasteiger partial charge in [0.15, 0.2) is 5.17 Å². The largest absolute Gasteiger partial charge is 0.410 e. The highest BCUT2D eigenvalue weighted by Crippen LogP contribution is 2.22. The second-order valence-corrected chi connectivity index (χ2v) is 3.45. The van der Waals surface area contributed by atoms with Gasteiger partial charge in [0, 0.05) is 22.7 Å². The second-order valence-electron chi connectivity index (χ2n) is 3.09. The number of hydrogen-bond acceptors (Lipinski definition) is 2. The van der Waals surface area contributed by atoms with E-state index in [1.54, 1.807) is 6.20 Å². The van der Waals surface area contributed by atoms with Gasteiger partial charge in [-0.05, 0) is 12.5 Å². The number of para-hydroxylation sites is 1. The van der Waals surface area contributed by atoms with Gasteiger partial charge in [-0.25, -0.2) is 0 Å². The first-order valence-corrected chi connectivity index (χ1v) is 4.56. The smallest absolute Gasteiger partial charge is 0.177 e. The number of benzene rings is 1. The summed E-state index contributed by atoms with van der Waals surface area (Å²) in [5.41, 5.74) is 2.87. The molecule has 2 aromatic rings. The van der Waals surface area contributed by atoms with Crippen LogP contribution in [0.5, 0.6) is 0 Å². The highest BCUT2D eigenvalue weighted by molar-refractivity contribution is 6.70. The first kappa shape index (κ1) is 9.09. The minimum Gasteiger partial charge on any atom is -0.410 e. The van der Waals surface area contributed by atoms with Crippen LogP contribution in [0.25, 0.3) is 10.9 Å². The van der Waals surface area contributed by atoms with Crippen LogP contribution in [0.4, 0.5) is 0 Å². The summed E-state index contributed by atoms with van der Waals surface area (Å²) in [4.78, 5) is 3.10. The first-order chi connectivity index (χ1) is 6.74. The van der Waals surface area contributed by atoms with Crippen LogP contribution in [0.3, 0.4) is 0 Å². The molecule has 0 radical (unpaired) electrons. The number of aromatic amines is 1. The highest BCUT2D eigenvalue weighted by atomic mass is 35.5. The van der Waals surface area contributed by atoms with Crippen molar-refractivity contribution in [3.63, 3.8) is 0 Å². The molecule has 0 bridgehead atoms. The Kier molecular flexibility index (Phi) is 2.17. The SMILES string of the molecule is Cc1cccc2c(/C(Cl)=N\O)c[nH]c12. The van der Waals surface area contributed by atoms with Gasteiger partial charge >= 0.3 is 0 Å². The van der Waals surface area contributed by atoms with E-state index in [9.17, 15) is 0 Å². The van der Waals surface area contributed by atoms with E-state index in [0.29, 0.717) is 5.56 Å². The Labute approximate surface area is 86.0 Å². The summed E-state index contributed by atoms with van der Waals surface area (Å²) in [6, 6.07) is 5.88. The van der Waals surface area contributed by atoms with Crippen molar-refractivity contribution in [2.24, 2.45) is 5.16 Å². The van der Waals surface area contributed by atoms with Crippen LogP contribution in [-0.2, 0) is 0 Å². The molecule has 0 atom stereocenters. The zero-order chi connectivity index (χ0) is 10.1. The predicted octanol–water partition coefficient (Wildman–Crippen LogP) is 2.85. The fourth-order valence-electron chi connectivity index (χ4n) is 1.53. The fourth-order valence-corrected chi connectivity index (χ4v) is 1.69. The summed E-state index contributed by atoms with van der Waals surface area (Å²) in [6.07, 6.45) is 1.74. The minimum atomic E-state index is 0.0989. The monoisotopic (exact) mass is 208 g/mol. The molecule has 3 nitrogen and oxygen atoms in total. The Balaban J connectivity index is 2.76. The third-order valence-corrected chi connectivity index (χ3v) is 2.51. The molecule has 0 saturated carbocycles. The number of aryl methyl sites for hydroxylation is 1. The Hall–Kier alpha value is -1.48. The number of nitrogens with zero attached hydrogens (tertiary/aromatic N) is 1. The summed E-state index contributed by atoms with van der Waals surface area (Å²) in [5.74, 6) is 0. The number of H-pyrrole nitrogens is 1. The summed E-state index contributed by atoms with van der Waals surface area (Å²) < 4.78 is 0. The average Bonchev–Trinajstić information content (AvgIpc) is 2.62. The van der Waals surface area contributed by atoms with Gasteiger partial charge in [0.1, 0.15) is 0 Å². The van der Waals surface area contributed by atoms with Crippen molar-refractivity contribution in [1.29, 1.82) is 0 Å². The maximum absolute atomic E-state index is 8.58. The van der Waals surface area contributed by atoms with E-state index in [1.807, 2.05) is 25.1 Å². The number of hydrogen-bond donors (Lipinski definition) is 2. The van der Waals surface area contributed by atoms with Crippen LogP contribution < -0.4 is 0 Å². The summed E-state index contributed by atoms with van der Waals surface area (Å²) >= 11 is 5.74. The molecule has 0 fully saturated rings. The first-order valence-electron chi connectivity index (χ1n) is 4.18. The zero-order valence-electron chi connectivity index (χ0n) is 7.58. The Morgan fingerprint density at radius 3 is 3.00 bits per heavy atom. The van der Waals surface area contributed by atoms with Crippen LogP contribution in [0.15, 0.2) is 29.6 Å². The van der Waals surface area contributed by atoms with Gasteiger partial charge in [-0.3, -0.25) is 0 Å². The standard InChI is InChI=1S/C10H9ClN2O/c1-6-3-2-4-7-8(10(11)13-14)5-12-9(6)7/h2-5,12,14H,1H3/b13-10+. The molecule has 0 amide bonds. The van der Waals surface area contributed by atoms with E-state index >= 15 is 0 Å². The van der Waals surface area contributed by atoms with E-state index < -0.39 is 0 Å². The highest BCUT2D eigenvalue weighted by Gasteiger charge is 2.08. The van der Waals surface area contributed by atoms with Crippen molar-refractivity contribution >= 4 is 27.7 Å². The van der Waals surface area contributed by atoms with Crippen molar-refractivity contribution in [1.82, 2.24) is 4.98 Å². The zero-order valence-corrected chi connectivity index (χ0v) is 8.34. The van der Waals surface area contributed by atoms with Crippen LogP contribution >= 0.6 is 11.6 Å². The maximum Gasteiger partial charge on any atom is 0.177 e. The number of aromatic nitrogens is 1. The molecular weight excluding hydrogens is 200 g/mol. The lowest BCUT2D eigenvalue weighted by atomic mass is 10.1. The predicted molar refractivity (Wildman–Crippen MR) is 57.2 cm³/mol. The summed E-state index contributed by atoms with van der Waals surface area (Å²) in [7, 11) is 0. The fraction of sp³-hybridized carbons (Fsp3) is 0.100. The van der Waals surface area contributed by atoms with E-state index in [1.165, 1.54) is 0 Å². The van der Waals surface area contributed by atoms with Gasteiger partial charge in [0.25, 0.3) is 0 Å². The lowest BCUT2D eigenvalue weighted by molar-refractivity contribution is 0.321. The molecule has 2 N–H and O–H groups in total. The van der Waals surface area contributed by atoms with Crippen molar-refractivity contribution in [3.05, 3.63) is 35.5 Å². The Bertz CT molecular complexity index is 502. The van der Waals surface area contributed by atoms with Crippen LogP contribution in [0.2, 0.25) is 0 Å². The average molecular weight is 209 g/mol. The van der Waals surface area contributed by atoms with Gasteiger partial charge in [-0.2, -0.15) is 0 Å². The molecule has 0 aliphatic heterocycles. The molecule has 4 heteroatoms. The Morgan fingerprint density at radius 1 is 1.50 bits per heavy atom. The van der Waals surface area contributed by atoms with Gasteiger partial charge < -0.3 is 10.2 Å². The molecule has 0 unspecified atom stereocenters. The molecule has 2 rings (SSSR count). The molecular formula is C10H9ClN2O. The van der Waals surface area contributed by atoms with Crippen LogP contribution in [0.1, 0.15) is 11.1 Å². The third-order valence-electron chi connectivity index (χ3n) is 2.23. The van der Waals surface area contributed by atoms with E-state index in [4.69, 9.17) is 16.8 Å². The van der Waals surface area contributed by atoms with Crippen molar-refractivity contribution in [3.8, 4) is 0 Å². The number of nitrogens with one attached hydrogen (secondary N) is 1. The lowest BCUT2D eigenvalue weighted by Gasteiger charge is -1.96. The molecule has 1 aromatic carbocycles. The summed E-state index contributed by atoms with van der Waals surface area (Å²) in [5, 5.41) is 12.6. The van der Waals surface area contributed by atoms with Gasteiger partial charge in [0.05, 0.1) is 0 Å². The normalized spacial score (nSPS) is 12.3. The molecule has 1 heterocycles. The molecule has 1 aromatic heterocycles. The molecule has 0 aliphatic carbocycles. The molecule has 0 spiro atoms. The molecule has 14 heavy (non-hydrogen) atoms. The van der Waals surface area contributed by atoms with E-state index in [-0.39, 0.29) is 5.17 Å². The maximum atomic E-state index is 8.58. The topological polar surface area (TPSA) is 48.4 Å². The van der Waals surface area contributed by atoms with Crippen molar-refractivity contribution in [2.45, 2.75) is 6.92 Å². The minimum absolute atomic E-state index is 0.0989. The quantitative estimate of drug-likeness (QED) is 0.423. The van der Waals surface area contributed by atoms with Crippen molar-refractivity contribution < 1.29 is 5.21 Å². The van der Waals surface area contributed by atoms with Gasteiger partial charge in [-0.15, -0.1) is 0 Å². The Morgan fingerprint density at radius 2 is 2.29 bits per heavy atom. The third kappa shape index (κ3) is 1.26. The van der Waals surface area contributed by atoms with Crippen LogP contribution in [-0.4, -0.2) is 15.4 Å². The molecule has 0 aliphatic rings. The molecule has 0 saturated heterocycles. The lowest BCUT2D eigenvalue weighted by Crippen LogP contribution is -1.88.